The molecule has 4 nitrogen and oxygen atoms in total. The third-order valence-corrected chi connectivity index (χ3v) is 8.91. The molecule has 7 heteroatoms. The molecule has 0 aliphatic carbocycles. The summed E-state index contributed by atoms with van der Waals surface area (Å²) in [6, 6.07) is 30.3. The average Bonchev–Trinajstić information content (AvgIpc) is 3.29. The van der Waals surface area contributed by atoms with Gasteiger partial charge in [0, 0.05) is 41.3 Å². The van der Waals surface area contributed by atoms with Gasteiger partial charge in [-0.25, -0.2) is 4.98 Å². The second-order valence-electron chi connectivity index (χ2n) is 12.0. The van der Waals surface area contributed by atoms with Gasteiger partial charge in [-0.1, -0.05) is 55.5 Å². The Hall–Kier alpha value is -4.78. The molecule has 0 spiro atoms. The third kappa shape index (κ3) is 6.12. The zero-order chi connectivity index (χ0) is 31.0. The monoisotopic (exact) mass is 605 g/mol. The van der Waals surface area contributed by atoms with Crippen LogP contribution in [0.1, 0.15) is 37.3 Å². The van der Waals surface area contributed by atoms with Crippen LogP contribution in [0.2, 0.25) is 0 Å². The minimum Gasteiger partial charge on any atom is -0.489 e. The lowest BCUT2D eigenvalue weighted by Gasteiger charge is -2.23. The molecule has 7 rings (SSSR count). The lowest BCUT2D eigenvalue weighted by atomic mass is 9.98. The Labute approximate surface area is 260 Å². The zero-order valence-corrected chi connectivity index (χ0v) is 25.1. The average molecular weight is 606 g/mol. The van der Waals surface area contributed by atoms with Crippen molar-refractivity contribution in [1.82, 2.24) is 9.97 Å². The molecule has 0 bridgehead atoms. The van der Waals surface area contributed by atoms with Gasteiger partial charge in [0.15, 0.2) is 0 Å². The van der Waals surface area contributed by atoms with Crippen molar-refractivity contribution in [3.05, 3.63) is 114 Å². The highest BCUT2D eigenvalue weighted by molar-refractivity contribution is 6.13. The molecule has 0 amide bonds. The van der Waals surface area contributed by atoms with Gasteiger partial charge in [0.2, 0.25) is 0 Å². The van der Waals surface area contributed by atoms with Crippen molar-refractivity contribution in [3.63, 3.8) is 0 Å². The standard InChI is InChI=1S/C38H34F3N3O/c1-25-4-3-20-44(21-18-25)31-14-11-27(12-15-31)29-13-16-35-34(22-29)36-33(17-19-42-37(36)43-35)28-9-7-26(8-10-28)24-45-32-6-2-5-30(23-32)38(39,40)41/h2,5-17,19,22-23,25H,3-4,18,20-21,24H2,1H3,(H,42,43). The Morgan fingerprint density at radius 1 is 0.844 bits per heavy atom. The lowest BCUT2D eigenvalue weighted by Crippen LogP contribution is -2.23. The van der Waals surface area contributed by atoms with Crippen LogP contribution >= 0.6 is 0 Å². The number of pyridine rings is 1. The van der Waals surface area contributed by atoms with E-state index in [0.717, 1.165) is 75.3 Å². The minimum atomic E-state index is -4.41. The number of alkyl halides is 3. The van der Waals surface area contributed by atoms with Gasteiger partial charge in [-0.15, -0.1) is 0 Å². The number of hydrogen-bond acceptors (Lipinski definition) is 3. The highest BCUT2D eigenvalue weighted by Gasteiger charge is 2.30. The van der Waals surface area contributed by atoms with Crippen LogP contribution in [-0.4, -0.2) is 23.1 Å². The predicted molar refractivity (Wildman–Crippen MR) is 175 cm³/mol. The van der Waals surface area contributed by atoms with E-state index in [4.69, 9.17) is 4.74 Å². The van der Waals surface area contributed by atoms with E-state index in [-0.39, 0.29) is 12.4 Å². The second-order valence-corrected chi connectivity index (χ2v) is 12.0. The second kappa shape index (κ2) is 12.0. The first-order valence-electron chi connectivity index (χ1n) is 15.5. The molecule has 228 valence electrons. The molecule has 1 aliphatic heterocycles. The summed E-state index contributed by atoms with van der Waals surface area (Å²) in [7, 11) is 0. The normalized spacial score (nSPS) is 15.8. The predicted octanol–water partition coefficient (Wildman–Crippen LogP) is 10.3. The lowest BCUT2D eigenvalue weighted by molar-refractivity contribution is -0.137. The van der Waals surface area contributed by atoms with E-state index >= 15 is 0 Å². The van der Waals surface area contributed by atoms with Crippen molar-refractivity contribution in [2.75, 3.05) is 18.0 Å². The molecular weight excluding hydrogens is 571 g/mol. The number of ether oxygens (including phenoxy) is 1. The Kier molecular flexibility index (Phi) is 7.70. The van der Waals surface area contributed by atoms with Crippen LogP contribution < -0.4 is 9.64 Å². The first-order chi connectivity index (χ1) is 21.8. The number of nitrogens with one attached hydrogen (secondary N) is 1. The fraction of sp³-hybridized carbons (Fsp3) is 0.237. The number of nitrogens with zero attached hydrogens (tertiary/aromatic N) is 2. The van der Waals surface area contributed by atoms with Crippen LogP contribution in [0.3, 0.4) is 0 Å². The fourth-order valence-electron chi connectivity index (χ4n) is 6.33. The maximum absolute atomic E-state index is 13.1. The molecule has 6 aromatic rings. The molecule has 0 radical (unpaired) electrons. The number of anilines is 1. The summed E-state index contributed by atoms with van der Waals surface area (Å²) in [5.74, 6) is 0.979. The van der Waals surface area contributed by atoms with E-state index in [1.807, 2.05) is 30.3 Å². The summed E-state index contributed by atoms with van der Waals surface area (Å²) >= 11 is 0. The maximum atomic E-state index is 13.1. The highest BCUT2D eigenvalue weighted by atomic mass is 19.4. The Bertz CT molecular complexity index is 1940. The van der Waals surface area contributed by atoms with Crippen LogP contribution in [0.5, 0.6) is 5.75 Å². The summed E-state index contributed by atoms with van der Waals surface area (Å²) in [4.78, 5) is 10.6. The molecule has 1 aliphatic rings. The van der Waals surface area contributed by atoms with E-state index in [0.29, 0.717) is 0 Å². The van der Waals surface area contributed by atoms with Crippen LogP contribution in [-0.2, 0) is 12.8 Å². The van der Waals surface area contributed by atoms with E-state index in [2.05, 4.69) is 64.3 Å². The smallest absolute Gasteiger partial charge is 0.416 e. The van der Waals surface area contributed by atoms with Crippen molar-refractivity contribution < 1.29 is 17.9 Å². The van der Waals surface area contributed by atoms with E-state index in [1.165, 1.54) is 42.6 Å². The van der Waals surface area contributed by atoms with Crippen LogP contribution in [0.4, 0.5) is 18.9 Å². The van der Waals surface area contributed by atoms with Crippen molar-refractivity contribution in [2.24, 2.45) is 5.92 Å². The summed E-state index contributed by atoms with van der Waals surface area (Å²) in [6.07, 6.45) is 1.19. The number of aromatic amines is 1. The topological polar surface area (TPSA) is 41.2 Å². The number of fused-ring (bicyclic) bond motifs is 3. The van der Waals surface area contributed by atoms with Crippen LogP contribution in [0.15, 0.2) is 103 Å². The summed E-state index contributed by atoms with van der Waals surface area (Å²) in [5.41, 5.74) is 7.67. The van der Waals surface area contributed by atoms with Crippen molar-refractivity contribution >= 4 is 27.6 Å². The van der Waals surface area contributed by atoms with Crippen LogP contribution in [0, 0.1) is 5.92 Å². The first-order valence-corrected chi connectivity index (χ1v) is 15.5. The van der Waals surface area contributed by atoms with Crippen LogP contribution in [0.25, 0.3) is 44.2 Å². The number of H-pyrrole nitrogens is 1. The molecular formula is C38H34F3N3O. The number of benzene rings is 4. The molecule has 45 heavy (non-hydrogen) atoms. The molecule has 3 heterocycles. The highest BCUT2D eigenvalue weighted by Crippen LogP contribution is 2.37. The van der Waals surface area contributed by atoms with E-state index in [1.54, 1.807) is 6.20 Å². The SMILES string of the molecule is CC1CCCN(c2ccc(-c3ccc4[nH]c5nccc(-c6ccc(COc7cccc(C(F)(F)F)c7)cc6)c5c4c3)cc2)CC1. The quantitative estimate of drug-likeness (QED) is 0.205. The van der Waals surface area contributed by atoms with Gasteiger partial charge < -0.3 is 14.6 Å². The maximum Gasteiger partial charge on any atom is 0.416 e. The number of hydrogen-bond donors (Lipinski definition) is 1. The number of aromatic nitrogens is 2. The minimum absolute atomic E-state index is 0.166. The molecule has 1 atom stereocenters. The largest absolute Gasteiger partial charge is 0.489 e. The number of rotatable bonds is 6. The Morgan fingerprint density at radius 2 is 1.62 bits per heavy atom. The first kappa shape index (κ1) is 29.0. The van der Waals surface area contributed by atoms with Gasteiger partial charge in [0.05, 0.1) is 5.56 Å². The van der Waals surface area contributed by atoms with Crippen molar-refractivity contribution in [2.45, 2.75) is 39.0 Å². The van der Waals surface area contributed by atoms with Gasteiger partial charge in [-0.05, 0) is 102 Å². The third-order valence-electron chi connectivity index (χ3n) is 8.91. The van der Waals surface area contributed by atoms with Gasteiger partial charge in [-0.3, -0.25) is 0 Å². The fourth-order valence-corrected chi connectivity index (χ4v) is 6.33. The Morgan fingerprint density at radius 3 is 2.42 bits per heavy atom. The van der Waals surface area contributed by atoms with Gasteiger partial charge in [0.1, 0.15) is 18.0 Å². The van der Waals surface area contributed by atoms with Gasteiger partial charge in [0.25, 0.3) is 0 Å². The van der Waals surface area contributed by atoms with E-state index in [9.17, 15) is 13.2 Å². The molecule has 2 aromatic heterocycles. The van der Waals surface area contributed by atoms with Gasteiger partial charge >= 0.3 is 6.18 Å². The molecule has 0 saturated carbocycles. The number of halogens is 3. The molecule has 1 saturated heterocycles. The Balaban J connectivity index is 1.14. The summed E-state index contributed by atoms with van der Waals surface area (Å²) < 4.78 is 44.9. The molecule has 1 N–H and O–H groups in total. The molecule has 4 aromatic carbocycles. The summed E-state index contributed by atoms with van der Waals surface area (Å²) in [5, 5.41) is 2.16. The van der Waals surface area contributed by atoms with Crippen molar-refractivity contribution in [1.29, 1.82) is 0 Å². The van der Waals surface area contributed by atoms with E-state index < -0.39 is 11.7 Å². The summed E-state index contributed by atoms with van der Waals surface area (Å²) in [6.45, 7) is 4.75. The zero-order valence-electron chi connectivity index (χ0n) is 25.1. The van der Waals surface area contributed by atoms with Gasteiger partial charge in [-0.2, -0.15) is 13.2 Å². The van der Waals surface area contributed by atoms with Crippen molar-refractivity contribution in [3.8, 4) is 28.0 Å². The molecule has 1 fully saturated rings. The molecule has 1 unspecified atom stereocenters.